The Morgan fingerprint density at radius 1 is 1.20 bits per heavy atom. The van der Waals surface area contributed by atoms with Crippen molar-refractivity contribution >= 4 is 57.2 Å². The first-order valence-electron chi connectivity index (χ1n) is 5.59. The molecule has 0 aliphatic carbocycles. The first-order valence-corrected chi connectivity index (χ1v) is 7.42. The van der Waals surface area contributed by atoms with E-state index in [0.29, 0.717) is 16.6 Å². The number of rotatable bonds is 4. The molecule has 7 heteroatoms. The van der Waals surface area contributed by atoms with Crippen LogP contribution in [0.2, 0.25) is 10.0 Å². The van der Waals surface area contributed by atoms with Crippen LogP contribution in [0.25, 0.3) is 0 Å². The topological polar surface area (TPSA) is 55.2 Å². The van der Waals surface area contributed by atoms with Gasteiger partial charge in [-0.2, -0.15) is 0 Å². The number of hydrogen-bond donors (Lipinski definition) is 1. The average molecular weight is 423 g/mol. The van der Waals surface area contributed by atoms with E-state index in [1.165, 1.54) is 12.1 Å². The van der Waals surface area contributed by atoms with Crippen LogP contribution in [-0.2, 0) is 6.54 Å². The molecule has 2 aromatic carbocycles. The number of non-ortho nitro benzene ring substituents is 1. The monoisotopic (exact) mass is 422 g/mol. The molecule has 0 heterocycles. The lowest BCUT2D eigenvalue weighted by molar-refractivity contribution is -0.384. The number of nitrogens with one attached hydrogen (secondary N) is 1. The predicted molar refractivity (Wildman–Crippen MR) is 89.6 cm³/mol. The maximum atomic E-state index is 10.6. The molecular weight excluding hydrogens is 414 g/mol. The summed E-state index contributed by atoms with van der Waals surface area (Å²) in [7, 11) is 0. The summed E-state index contributed by atoms with van der Waals surface area (Å²) in [6, 6.07) is 9.96. The van der Waals surface area contributed by atoms with Gasteiger partial charge in [0.05, 0.1) is 9.95 Å². The zero-order valence-corrected chi connectivity index (χ0v) is 13.7. The van der Waals surface area contributed by atoms with Gasteiger partial charge in [0.15, 0.2) is 0 Å². The Balaban J connectivity index is 2.13. The SMILES string of the molecule is O=[N+]([O-])c1ccc(CNc2ccc(Cl)cc2I)c(Cl)c1. The van der Waals surface area contributed by atoms with Crippen LogP contribution in [0.4, 0.5) is 11.4 Å². The normalized spacial score (nSPS) is 10.3. The van der Waals surface area contributed by atoms with Crippen LogP contribution in [0.15, 0.2) is 36.4 Å². The van der Waals surface area contributed by atoms with E-state index in [9.17, 15) is 10.1 Å². The average Bonchev–Trinajstić information content (AvgIpc) is 2.38. The van der Waals surface area contributed by atoms with Crippen LogP contribution in [0, 0.1) is 13.7 Å². The van der Waals surface area contributed by atoms with Crippen LogP contribution in [0.3, 0.4) is 0 Å². The van der Waals surface area contributed by atoms with Crippen LogP contribution in [0.1, 0.15) is 5.56 Å². The molecule has 2 aromatic rings. The number of nitro groups is 1. The molecule has 0 fully saturated rings. The lowest BCUT2D eigenvalue weighted by Gasteiger charge is -2.10. The highest BCUT2D eigenvalue weighted by atomic mass is 127. The smallest absolute Gasteiger partial charge is 0.270 e. The Morgan fingerprint density at radius 3 is 2.55 bits per heavy atom. The molecule has 0 aliphatic heterocycles. The second kappa shape index (κ2) is 6.60. The predicted octanol–water partition coefficient (Wildman–Crippen LogP) is 5.12. The minimum atomic E-state index is -0.467. The maximum absolute atomic E-state index is 10.6. The third kappa shape index (κ3) is 3.74. The van der Waals surface area contributed by atoms with Gasteiger partial charge in [0, 0.05) is 33.0 Å². The summed E-state index contributed by atoms with van der Waals surface area (Å²) in [6.07, 6.45) is 0. The summed E-state index contributed by atoms with van der Waals surface area (Å²) < 4.78 is 0.994. The van der Waals surface area contributed by atoms with Gasteiger partial charge in [-0.3, -0.25) is 10.1 Å². The Hall–Kier alpha value is -1.05. The third-order valence-corrected chi connectivity index (χ3v) is 4.13. The molecule has 1 N–H and O–H groups in total. The largest absolute Gasteiger partial charge is 0.380 e. The van der Waals surface area contributed by atoms with E-state index in [-0.39, 0.29) is 5.69 Å². The minimum Gasteiger partial charge on any atom is -0.380 e. The van der Waals surface area contributed by atoms with E-state index in [4.69, 9.17) is 23.2 Å². The van der Waals surface area contributed by atoms with Crippen molar-refractivity contribution in [1.82, 2.24) is 0 Å². The quantitative estimate of drug-likeness (QED) is 0.422. The third-order valence-electron chi connectivity index (χ3n) is 2.65. The molecule has 0 saturated heterocycles. The van der Waals surface area contributed by atoms with Gasteiger partial charge in [0.25, 0.3) is 5.69 Å². The fourth-order valence-electron chi connectivity index (χ4n) is 1.62. The highest BCUT2D eigenvalue weighted by Crippen LogP contribution is 2.26. The molecular formula is C13H9Cl2IN2O2. The minimum absolute atomic E-state index is 0.0141. The van der Waals surface area contributed by atoms with Gasteiger partial charge in [-0.25, -0.2) is 0 Å². The fraction of sp³-hybridized carbons (Fsp3) is 0.0769. The zero-order chi connectivity index (χ0) is 14.7. The van der Waals surface area contributed by atoms with Crippen molar-refractivity contribution in [2.24, 2.45) is 0 Å². The van der Waals surface area contributed by atoms with Gasteiger partial charge in [-0.05, 0) is 52.4 Å². The first-order chi connectivity index (χ1) is 9.47. The summed E-state index contributed by atoms with van der Waals surface area (Å²) >= 11 is 14.1. The van der Waals surface area contributed by atoms with Crippen molar-refractivity contribution in [3.05, 3.63) is 65.7 Å². The second-order valence-corrected chi connectivity index (χ2v) is 6.02. The Bertz CT molecular complexity index is 665. The highest BCUT2D eigenvalue weighted by Gasteiger charge is 2.09. The summed E-state index contributed by atoms with van der Waals surface area (Å²) in [4.78, 5) is 10.2. The van der Waals surface area contributed by atoms with Gasteiger partial charge in [0.1, 0.15) is 0 Å². The van der Waals surface area contributed by atoms with Crippen molar-refractivity contribution < 1.29 is 4.92 Å². The molecule has 2 rings (SSSR count). The van der Waals surface area contributed by atoms with Gasteiger partial charge < -0.3 is 5.32 Å². The molecule has 0 aromatic heterocycles. The van der Waals surface area contributed by atoms with Crippen molar-refractivity contribution in [2.45, 2.75) is 6.54 Å². The summed E-state index contributed by atoms with van der Waals surface area (Å²) in [5.41, 5.74) is 1.72. The van der Waals surface area contributed by atoms with E-state index in [2.05, 4.69) is 27.9 Å². The van der Waals surface area contributed by atoms with Crippen molar-refractivity contribution in [3.8, 4) is 0 Å². The first kappa shape index (κ1) is 15.3. The molecule has 104 valence electrons. The van der Waals surface area contributed by atoms with Crippen molar-refractivity contribution in [3.63, 3.8) is 0 Å². The highest BCUT2D eigenvalue weighted by molar-refractivity contribution is 14.1. The van der Waals surface area contributed by atoms with E-state index in [1.54, 1.807) is 12.1 Å². The number of nitrogens with zero attached hydrogens (tertiary/aromatic N) is 1. The molecule has 0 bridgehead atoms. The van der Waals surface area contributed by atoms with Crippen LogP contribution >= 0.6 is 45.8 Å². The molecule has 4 nitrogen and oxygen atoms in total. The molecule has 0 unspecified atom stereocenters. The van der Waals surface area contributed by atoms with Crippen molar-refractivity contribution in [1.29, 1.82) is 0 Å². The van der Waals surface area contributed by atoms with Gasteiger partial charge >= 0.3 is 0 Å². The molecule has 20 heavy (non-hydrogen) atoms. The molecule has 0 saturated carbocycles. The van der Waals surface area contributed by atoms with Crippen LogP contribution in [0.5, 0.6) is 0 Å². The molecule has 0 atom stereocenters. The number of anilines is 1. The molecule has 0 spiro atoms. The van der Waals surface area contributed by atoms with E-state index in [1.807, 2.05) is 12.1 Å². The standard InChI is InChI=1S/C13H9Cl2IN2O2/c14-9-2-4-13(12(16)5-9)17-7-8-1-3-10(18(19)20)6-11(8)15/h1-6,17H,7H2. The van der Waals surface area contributed by atoms with Gasteiger partial charge in [0.2, 0.25) is 0 Å². The van der Waals surface area contributed by atoms with Crippen LogP contribution < -0.4 is 5.32 Å². The van der Waals surface area contributed by atoms with E-state index in [0.717, 1.165) is 14.8 Å². The molecule has 0 aliphatic rings. The van der Waals surface area contributed by atoms with Crippen molar-refractivity contribution in [2.75, 3.05) is 5.32 Å². The number of halogens is 3. The summed E-state index contributed by atoms with van der Waals surface area (Å²) in [5.74, 6) is 0. The lowest BCUT2D eigenvalue weighted by atomic mass is 10.2. The Labute approximate surface area is 139 Å². The molecule has 0 radical (unpaired) electrons. The lowest BCUT2D eigenvalue weighted by Crippen LogP contribution is -2.02. The van der Waals surface area contributed by atoms with E-state index >= 15 is 0 Å². The summed E-state index contributed by atoms with van der Waals surface area (Å²) in [6.45, 7) is 0.481. The summed E-state index contributed by atoms with van der Waals surface area (Å²) in [5, 5.41) is 14.9. The zero-order valence-electron chi connectivity index (χ0n) is 10.1. The second-order valence-electron chi connectivity index (χ2n) is 4.01. The molecule has 0 amide bonds. The Kier molecular flexibility index (Phi) is 5.06. The number of benzene rings is 2. The van der Waals surface area contributed by atoms with E-state index < -0.39 is 4.92 Å². The number of hydrogen-bond acceptors (Lipinski definition) is 3. The Morgan fingerprint density at radius 2 is 1.95 bits per heavy atom. The fourth-order valence-corrected chi connectivity index (χ4v) is 2.92. The van der Waals surface area contributed by atoms with Crippen LogP contribution in [-0.4, -0.2) is 4.92 Å². The van der Waals surface area contributed by atoms with Gasteiger partial charge in [-0.15, -0.1) is 0 Å². The maximum Gasteiger partial charge on any atom is 0.270 e. The number of nitro benzene ring substituents is 1. The van der Waals surface area contributed by atoms with Gasteiger partial charge in [-0.1, -0.05) is 23.2 Å².